The number of alkyl halides is 1. The Balaban J connectivity index is 2.05. The van der Waals surface area contributed by atoms with E-state index in [2.05, 4.69) is 62.2 Å². The maximum atomic E-state index is 5.83. The fraction of sp³-hybridized carbons (Fsp3) is 0.294. The molecule has 1 aliphatic rings. The maximum absolute atomic E-state index is 5.83. The summed E-state index contributed by atoms with van der Waals surface area (Å²) in [5.74, 6) is 1.92. The fourth-order valence-electron chi connectivity index (χ4n) is 2.66. The second-order valence-corrected chi connectivity index (χ2v) is 7.00. The van der Waals surface area contributed by atoms with Gasteiger partial charge >= 0.3 is 0 Å². The van der Waals surface area contributed by atoms with E-state index < -0.39 is 0 Å². The highest BCUT2D eigenvalue weighted by atomic mass is 79.9. The molecule has 1 unspecified atom stereocenters. The van der Waals surface area contributed by atoms with Crippen LogP contribution in [0.3, 0.4) is 0 Å². The Morgan fingerprint density at radius 2 is 2.05 bits per heavy atom. The monoisotopic (exact) mass is 410 g/mol. The van der Waals surface area contributed by atoms with Crippen molar-refractivity contribution in [1.29, 1.82) is 0 Å². The summed E-state index contributed by atoms with van der Waals surface area (Å²) in [5, 5.41) is 0. The minimum atomic E-state index is 0.0800. The molecule has 0 N–H and O–H groups in total. The van der Waals surface area contributed by atoms with Gasteiger partial charge in [-0.1, -0.05) is 44.0 Å². The van der Waals surface area contributed by atoms with Gasteiger partial charge in [-0.25, -0.2) is 0 Å². The van der Waals surface area contributed by atoms with Gasteiger partial charge in [0.15, 0.2) is 0 Å². The molecule has 0 saturated carbocycles. The number of hydrogen-bond acceptors (Lipinski definition) is 2. The number of rotatable bonds is 3. The molecule has 1 heterocycles. The number of aryl methyl sites for hydroxylation is 1. The predicted octanol–water partition coefficient (Wildman–Crippen LogP) is 5.19. The van der Waals surface area contributed by atoms with Crippen LogP contribution in [0.2, 0.25) is 0 Å². The van der Waals surface area contributed by atoms with Gasteiger partial charge in [-0.05, 0) is 41.8 Å². The first kappa shape index (κ1) is 14.9. The third-order valence-corrected chi connectivity index (χ3v) is 5.25. The summed E-state index contributed by atoms with van der Waals surface area (Å²) in [4.78, 5) is 0.0800. The molecule has 0 radical (unpaired) electrons. The molecule has 0 aromatic heterocycles. The van der Waals surface area contributed by atoms with Gasteiger partial charge in [0, 0.05) is 16.5 Å². The highest BCUT2D eigenvalue weighted by Gasteiger charge is 2.23. The summed E-state index contributed by atoms with van der Waals surface area (Å²) < 4.78 is 12.3. The van der Waals surface area contributed by atoms with Gasteiger partial charge in [-0.3, -0.25) is 0 Å². The number of benzene rings is 2. The van der Waals surface area contributed by atoms with Crippen molar-refractivity contribution in [2.45, 2.75) is 18.2 Å². The third kappa shape index (κ3) is 2.84. The van der Waals surface area contributed by atoms with Crippen molar-refractivity contribution in [3.63, 3.8) is 0 Å². The molecule has 2 aromatic rings. The lowest BCUT2D eigenvalue weighted by Gasteiger charge is -2.16. The van der Waals surface area contributed by atoms with E-state index in [1.54, 1.807) is 7.11 Å². The van der Waals surface area contributed by atoms with Crippen molar-refractivity contribution in [3.8, 4) is 11.5 Å². The molecule has 0 bridgehead atoms. The van der Waals surface area contributed by atoms with Crippen molar-refractivity contribution in [2.75, 3.05) is 13.7 Å². The van der Waals surface area contributed by atoms with Gasteiger partial charge in [0.25, 0.3) is 0 Å². The fourth-order valence-corrected chi connectivity index (χ4v) is 3.81. The van der Waals surface area contributed by atoms with Crippen molar-refractivity contribution in [3.05, 3.63) is 57.1 Å². The molecule has 2 nitrogen and oxygen atoms in total. The molecule has 3 rings (SSSR count). The molecule has 21 heavy (non-hydrogen) atoms. The van der Waals surface area contributed by atoms with Crippen LogP contribution in [0.4, 0.5) is 0 Å². The van der Waals surface area contributed by atoms with E-state index in [9.17, 15) is 0 Å². The van der Waals surface area contributed by atoms with Crippen molar-refractivity contribution < 1.29 is 9.47 Å². The molecule has 1 atom stereocenters. The molecule has 0 aliphatic carbocycles. The van der Waals surface area contributed by atoms with Crippen LogP contribution in [0.15, 0.2) is 34.8 Å². The highest BCUT2D eigenvalue weighted by Crippen LogP contribution is 2.43. The zero-order valence-corrected chi connectivity index (χ0v) is 15.1. The average molecular weight is 412 g/mol. The maximum Gasteiger partial charge on any atom is 0.127 e. The summed E-state index contributed by atoms with van der Waals surface area (Å²) >= 11 is 7.41. The summed E-state index contributed by atoms with van der Waals surface area (Å²) in [6.45, 7) is 2.81. The number of hydrogen-bond donors (Lipinski definition) is 0. The Labute approximate surface area is 141 Å². The molecule has 0 fully saturated rings. The Bertz CT molecular complexity index is 683. The number of methoxy groups -OCH3 is 1. The normalized spacial score (nSPS) is 14.5. The van der Waals surface area contributed by atoms with E-state index in [1.165, 1.54) is 5.56 Å². The highest BCUT2D eigenvalue weighted by molar-refractivity contribution is 9.10. The predicted molar refractivity (Wildman–Crippen MR) is 91.8 cm³/mol. The summed E-state index contributed by atoms with van der Waals surface area (Å²) in [6, 6.07) is 10.6. The van der Waals surface area contributed by atoms with Crippen LogP contribution >= 0.6 is 31.9 Å². The van der Waals surface area contributed by atoms with Crippen molar-refractivity contribution >= 4 is 31.9 Å². The van der Waals surface area contributed by atoms with E-state index in [0.29, 0.717) is 0 Å². The smallest absolute Gasteiger partial charge is 0.127 e. The average Bonchev–Trinajstić information content (AvgIpc) is 2.94. The van der Waals surface area contributed by atoms with Gasteiger partial charge in [0.1, 0.15) is 11.5 Å². The largest absolute Gasteiger partial charge is 0.496 e. The van der Waals surface area contributed by atoms with Crippen LogP contribution in [-0.2, 0) is 6.42 Å². The topological polar surface area (TPSA) is 18.5 Å². The second kappa shape index (κ2) is 6.01. The van der Waals surface area contributed by atoms with Crippen LogP contribution in [0.25, 0.3) is 0 Å². The quantitative estimate of drug-likeness (QED) is 0.647. The van der Waals surface area contributed by atoms with Crippen LogP contribution in [-0.4, -0.2) is 13.7 Å². The van der Waals surface area contributed by atoms with E-state index in [4.69, 9.17) is 9.47 Å². The van der Waals surface area contributed by atoms with Crippen molar-refractivity contribution in [1.82, 2.24) is 0 Å². The SMILES string of the molecule is COc1cc(C(Br)c2cc(Br)cc3c2OCC3)ccc1C. The van der Waals surface area contributed by atoms with Crippen LogP contribution in [0.1, 0.15) is 27.1 Å². The molecule has 2 aromatic carbocycles. The first-order valence-electron chi connectivity index (χ1n) is 6.84. The molecule has 1 aliphatic heterocycles. The summed E-state index contributed by atoms with van der Waals surface area (Å²) in [7, 11) is 1.70. The number of ether oxygens (including phenoxy) is 2. The zero-order chi connectivity index (χ0) is 15.0. The molecule has 0 amide bonds. The van der Waals surface area contributed by atoms with Crippen LogP contribution in [0, 0.1) is 6.92 Å². The lowest BCUT2D eigenvalue weighted by atomic mass is 10.00. The minimum Gasteiger partial charge on any atom is -0.496 e. The lowest BCUT2D eigenvalue weighted by molar-refractivity contribution is 0.354. The van der Waals surface area contributed by atoms with E-state index in [0.717, 1.165) is 45.7 Å². The Morgan fingerprint density at radius 3 is 2.81 bits per heavy atom. The van der Waals surface area contributed by atoms with Gasteiger partial charge in [-0.15, -0.1) is 0 Å². The Kier molecular flexibility index (Phi) is 4.27. The van der Waals surface area contributed by atoms with E-state index in [-0.39, 0.29) is 4.83 Å². The van der Waals surface area contributed by atoms with Crippen LogP contribution < -0.4 is 9.47 Å². The molecular formula is C17H16Br2O2. The van der Waals surface area contributed by atoms with Gasteiger partial charge < -0.3 is 9.47 Å². The van der Waals surface area contributed by atoms with Gasteiger partial charge in [0.2, 0.25) is 0 Å². The summed E-state index contributed by atoms with van der Waals surface area (Å²) in [5.41, 5.74) is 4.72. The van der Waals surface area contributed by atoms with Gasteiger partial charge in [-0.2, -0.15) is 0 Å². The van der Waals surface area contributed by atoms with E-state index >= 15 is 0 Å². The van der Waals surface area contributed by atoms with Crippen LogP contribution in [0.5, 0.6) is 11.5 Å². The van der Waals surface area contributed by atoms with Crippen molar-refractivity contribution in [2.24, 2.45) is 0 Å². The molecule has 0 spiro atoms. The third-order valence-electron chi connectivity index (χ3n) is 3.77. The number of halogens is 2. The summed E-state index contributed by atoms with van der Waals surface area (Å²) in [6.07, 6.45) is 0.971. The Hall–Kier alpha value is -1.00. The van der Waals surface area contributed by atoms with E-state index in [1.807, 2.05) is 6.92 Å². The standard InChI is InChI=1S/C17H16Br2O2/c1-10-3-4-11(8-15(10)20-2)16(19)14-9-13(18)7-12-5-6-21-17(12)14/h3-4,7-9,16H,5-6H2,1-2H3. The zero-order valence-electron chi connectivity index (χ0n) is 12.0. The number of fused-ring (bicyclic) bond motifs is 1. The minimum absolute atomic E-state index is 0.0800. The molecule has 110 valence electrons. The molecule has 4 heteroatoms. The molecule has 0 saturated heterocycles. The Morgan fingerprint density at radius 1 is 1.24 bits per heavy atom. The first-order valence-corrected chi connectivity index (χ1v) is 8.54. The molecular weight excluding hydrogens is 396 g/mol. The first-order chi connectivity index (χ1) is 10.1. The second-order valence-electron chi connectivity index (χ2n) is 5.17. The van der Waals surface area contributed by atoms with Gasteiger partial charge in [0.05, 0.1) is 18.5 Å². The lowest BCUT2D eigenvalue weighted by Crippen LogP contribution is -1.98.